The highest BCUT2D eigenvalue weighted by atomic mass is 19.1. The van der Waals surface area contributed by atoms with Crippen LogP contribution in [0, 0.1) is 11.6 Å². The Kier molecular flexibility index (Phi) is 6.03. The second-order valence-corrected chi connectivity index (χ2v) is 5.61. The molecule has 1 N–H and O–H groups in total. The molecule has 7 heteroatoms. The van der Waals surface area contributed by atoms with Crippen molar-refractivity contribution in [1.29, 1.82) is 0 Å². The normalized spacial score (nSPS) is 11.1. The predicted octanol–water partition coefficient (Wildman–Crippen LogP) is 3.07. The summed E-state index contributed by atoms with van der Waals surface area (Å²) < 4.78 is 38.1. The largest absolute Gasteiger partial charge is 0.493 e. The number of aromatic nitrogens is 1. The summed E-state index contributed by atoms with van der Waals surface area (Å²) in [5, 5.41) is 2.87. The van der Waals surface area contributed by atoms with Crippen LogP contribution in [-0.2, 0) is 4.74 Å². The van der Waals surface area contributed by atoms with Crippen LogP contribution in [0.1, 0.15) is 30.8 Å². The predicted molar refractivity (Wildman–Crippen MR) is 86.2 cm³/mol. The maximum absolute atomic E-state index is 14.1. The summed E-state index contributed by atoms with van der Waals surface area (Å²) in [7, 11) is 1.57. The van der Waals surface area contributed by atoms with Crippen LogP contribution in [-0.4, -0.2) is 37.3 Å². The van der Waals surface area contributed by atoms with Gasteiger partial charge >= 0.3 is 0 Å². The van der Waals surface area contributed by atoms with Gasteiger partial charge in [0, 0.05) is 43.7 Å². The molecule has 0 atom stereocenters. The van der Waals surface area contributed by atoms with Gasteiger partial charge in [-0.2, -0.15) is 0 Å². The van der Waals surface area contributed by atoms with Crippen LogP contribution >= 0.6 is 0 Å². The summed E-state index contributed by atoms with van der Waals surface area (Å²) in [5.41, 5.74) is -0.0852. The number of halogens is 2. The number of hydrogen-bond donors (Lipinski definition) is 1. The fourth-order valence-electron chi connectivity index (χ4n) is 2.18. The fourth-order valence-corrected chi connectivity index (χ4v) is 2.18. The molecule has 0 bridgehead atoms. The first kappa shape index (κ1) is 18.1. The van der Waals surface area contributed by atoms with Gasteiger partial charge in [0.1, 0.15) is 22.8 Å². The Balaban J connectivity index is 2.44. The second-order valence-electron chi connectivity index (χ2n) is 5.61. The van der Waals surface area contributed by atoms with Gasteiger partial charge in [0.15, 0.2) is 5.82 Å². The molecule has 0 aliphatic carbocycles. The average molecular weight is 338 g/mol. The van der Waals surface area contributed by atoms with Gasteiger partial charge in [-0.15, -0.1) is 0 Å². The molecule has 1 heterocycles. The van der Waals surface area contributed by atoms with E-state index in [1.54, 1.807) is 21.0 Å². The van der Waals surface area contributed by atoms with Crippen LogP contribution in [0.25, 0.3) is 10.9 Å². The Morgan fingerprint density at radius 1 is 1.25 bits per heavy atom. The smallest absolute Gasteiger partial charge is 0.270 e. The SMILES string of the molecule is COCCCOc1cc(C(=O)NC(C)C)nc2c(F)cc(F)cc12. The van der Waals surface area contributed by atoms with Crippen molar-refractivity contribution < 1.29 is 23.0 Å². The number of ether oxygens (including phenoxy) is 2. The Morgan fingerprint density at radius 2 is 2.00 bits per heavy atom. The molecule has 0 aliphatic heterocycles. The summed E-state index contributed by atoms with van der Waals surface area (Å²) in [6.07, 6.45) is 0.603. The van der Waals surface area contributed by atoms with Gasteiger partial charge in [0.25, 0.3) is 5.91 Å². The minimum Gasteiger partial charge on any atom is -0.493 e. The molecule has 2 aromatic rings. The van der Waals surface area contributed by atoms with Crippen molar-refractivity contribution in [1.82, 2.24) is 10.3 Å². The fraction of sp³-hybridized carbons (Fsp3) is 0.412. The number of nitrogens with zero attached hydrogens (tertiary/aromatic N) is 1. The lowest BCUT2D eigenvalue weighted by Crippen LogP contribution is -2.30. The standard InChI is InChI=1S/C17H20F2N2O3/c1-10(2)20-17(22)14-9-15(24-6-4-5-23-3)12-7-11(18)8-13(19)16(12)21-14/h7-10H,4-6H2,1-3H3,(H,20,22). The minimum atomic E-state index is -0.842. The molecule has 0 radical (unpaired) electrons. The van der Waals surface area contributed by atoms with Crippen LogP contribution in [0.3, 0.4) is 0 Å². The Hall–Kier alpha value is -2.28. The molecule has 0 spiro atoms. The molecule has 1 aromatic carbocycles. The third kappa shape index (κ3) is 4.38. The molecule has 2 rings (SSSR count). The number of benzene rings is 1. The molecule has 130 valence electrons. The number of carbonyl (C=O) groups excluding carboxylic acids is 1. The molecule has 0 saturated carbocycles. The molecule has 24 heavy (non-hydrogen) atoms. The van der Waals surface area contributed by atoms with Crippen LogP contribution < -0.4 is 10.1 Å². The number of pyridine rings is 1. The second kappa shape index (κ2) is 8.01. The Bertz CT molecular complexity index is 735. The van der Waals surface area contributed by atoms with Crippen LogP contribution in [0.4, 0.5) is 8.78 Å². The molecular weight excluding hydrogens is 318 g/mol. The lowest BCUT2D eigenvalue weighted by molar-refractivity contribution is 0.0938. The summed E-state index contributed by atoms with van der Waals surface area (Å²) in [6, 6.07) is 3.17. The first-order valence-electron chi connectivity index (χ1n) is 7.64. The first-order chi connectivity index (χ1) is 11.4. The van der Waals surface area contributed by atoms with Crippen molar-refractivity contribution in [3.05, 3.63) is 35.5 Å². The van der Waals surface area contributed by atoms with Crippen LogP contribution in [0.5, 0.6) is 5.75 Å². The average Bonchev–Trinajstić information content (AvgIpc) is 2.51. The van der Waals surface area contributed by atoms with Gasteiger partial charge in [0.2, 0.25) is 0 Å². The molecule has 1 amide bonds. The van der Waals surface area contributed by atoms with E-state index in [1.165, 1.54) is 6.07 Å². The Morgan fingerprint density at radius 3 is 2.67 bits per heavy atom. The highest BCUT2D eigenvalue weighted by Gasteiger charge is 2.17. The van der Waals surface area contributed by atoms with Gasteiger partial charge in [-0.3, -0.25) is 4.79 Å². The number of carbonyl (C=O) groups is 1. The minimum absolute atomic E-state index is 0.0171. The van der Waals surface area contributed by atoms with E-state index in [1.807, 2.05) is 0 Å². The van der Waals surface area contributed by atoms with Crippen molar-refractivity contribution in [2.45, 2.75) is 26.3 Å². The molecular formula is C17H20F2N2O3. The highest BCUT2D eigenvalue weighted by Crippen LogP contribution is 2.28. The number of hydrogen-bond acceptors (Lipinski definition) is 4. The molecule has 5 nitrogen and oxygen atoms in total. The monoisotopic (exact) mass is 338 g/mol. The number of fused-ring (bicyclic) bond motifs is 1. The van der Waals surface area contributed by atoms with Gasteiger partial charge < -0.3 is 14.8 Å². The highest BCUT2D eigenvalue weighted by molar-refractivity contribution is 5.97. The van der Waals surface area contributed by atoms with Gasteiger partial charge in [-0.05, 0) is 19.9 Å². The molecule has 0 saturated heterocycles. The van der Waals surface area contributed by atoms with E-state index in [2.05, 4.69) is 10.3 Å². The Labute approximate surface area is 139 Å². The van der Waals surface area contributed by atoms with Crippen molar-refractivity contribution in [3.8, 4) is 5.75 Å². The number of amides is 1. The third-order valence-corrected chi connectivity index (χ3v) is 3.20. The number of rotatable bonds is 7. The lowest BCUT2D eigenvalue weighted by atomic mass is 10.1. The maximum atomic E-state index is 14.1. The van der Waals surface area contributed by atoms with Crippen molar-refractivity contribution >= 4 is 16.8 Å². The van der Waals surface area contributed by atoms with Gasteiger partial charge in [-0.1, -0.05) is 0 Å². The summed E-state index contributed by atoms with van der Waals surface area (Å²) in [4.78, 5) is 16.2. The molecule has 1 aromatic heterocycles. The molecule has 0 fully saturated rings. The zero-order valence-electron chi connectivity index (χ0n) is 13.9. The molecule has 0 unspecified atom stereocenters. The van der Waals surface area contributed by atoms with Crippen LogP contribution in [0.2, 0.25) is 0 Å². The topological polar surface area (TPSA) is 60.5 Å². The summed E-state index contributed by atoms with van der Waals surface area (Å²) >= 11 is 0. The number of nitrogens with one attached hydrogen (secondary N) is 1. The van der Waals surface area contributed by atoms with Gasteiger partial charge in [-0.25, -0.2) is 13.8 Å². The van der Waals surface area contributed by atoms with E-state index < -0.39 is 17.5 Å². The van der Waals surface area contributed by atoms with E-state index in [-0.39, 0.29) is 35.0 Å². The third-order valence-electron chi connectivity index (χ3n) is 3.20. The zero-order chi connectivity index (χ0) is 17.7. The van der Waals surface area contributed by atoms with Crippen molar-refractivity contribution in [3.63, 3.8) is 0 Å². The molecule has 0 aliphatic rings. The van der Waals surface area contributed by atoms with E-state index in [9.17, 15) is 13.6 Å². The summed E-state index contributed by atoms with van der Waals surface area (Å²) in [6.45, 7) is 4.39. The number of methoxy groups -OCH3 is 1. The summed E-state index contributed by atoms with van der Waals surface area (Å²) in [5.74, 6) is -1.81. The van der Waals surface area contributed by atoms with E-state index in [0.29, 0.717) is 13.0 Å². The maximum Gasteiger partial charge on any atom is 0.270 e. The lowest BCUT2D eigenvalue weighted by Gasteiger charge is -2.13. The van der Waals surface area contributed by atoms with Gasteiger partial charge in [0.05, 0.1) is 6.61 Å². The van der Waals surface area contributed by atoms with Crippen molar-refractivity contribution in [2.75, 3.05) is 20.3 Å². The first-order valence-corrected chi connectivity index (χ1v) is 7.64. The zero-order valence-corrected chi connectivity index (χ0v) is 13.9. The van der Waals surface area contributed by atoms with Crippen molar-refractivity contribution in [2.24, 2.45) is 0 Å². The van der Waals surface area contributed by atoms with Crippen LogP contribution in [0.15, 0.2) is 18.2 Å². The van der Waals surface area contributed by atoms with E-state index in [4.69, 9.17) is 9.47 Å². The van der Waals surface area contributed by atoms with E-state index in [0.717, 1.165) is 12.1 Å². The quantitative estimate of drug-likeness (QED) is 0.788. The van der Waals surface area contributed by atoms with E-state index >= 15 is 0 Å².